The first kappa shape index (κ1) is 18.3. The van der Waals surface area contributed by atoms with Gasteiger partial charge in [0.05, 0.1) is 0 Å². The van der Waals surface area contributed by atoms with Crippen molar-refractivity contribution in [2.45, 2.75) is 61.8 Å². The van der Waals surface area contributed by atoms with E-state index in [2.05, 4.69) is 53.7 Å². The molecule has 0 heterocycles. The van der Waals surface area contributed by atoms with Gasteiger partial charge in [-0.1, -0.05) is 44.6 Å². The van der Waals surface area contributed by atoms with Crippen LogP contribution in [0.25, 0.3) is 0 Å². The van der Waals surface area contributed by atoms with Crippen molar-refractivity contribution in [2.24, 2.45) is 0 Å². The average Bonchev–Trinajstić information content (AvgIpc) is 2.16. The highest BCUT2D eigenvalue weighted by atomic mass is 13.8. The summed E-state index contributed by atoms with van der Waals surface area (Å²) < 4.78 is 0. The fourth-order valence-corrected chi connectivity index (χ4v) is 0.408. The molecule has 0 saturated heterocycles. The maximum absolute atomic E-state index is 2.16. The second-order valence-electron chi connectivity index (χ2n) is 2.98. The van der Waals surface area contributed by atoms with Crippen LogP contribution in [0.2, 0.25) is 0 Å². The largest absolute Gasteiger partial charge is 0.0887 e. The summed E-state index contributed by atoms with van der Waals surface area (Å²) in [6.07, 6.45) is 6.66. The third-order valence-electron chi connectivity index (χ3n) is 2.10. The Kier molecular flexibility index (Phi) is 19.8. The Morgan fingerprint density at radius 2 is 1.08 bits per heavy atom. The minimum Gasteiger partial charge on any atom is -0.0887 e. The lowest BCUT2D eigenvalue weighted by Crippen LogP contribution is -1.63. The van der Waals surface area contributed by atoms with Crippen LogP contribution in [-0.4, -0.2) is 0 Å². The van der Waals surface area contributed by atoms with Gasteiger partial charge in [-0.05, 0) is 40.5 Å². The van der Waals surface area contributed by atoms with Gasteiger partial charge in [-0.3, -0.25) is 0 Å². The van der Waals surface area contributed by atoms with Crippen molar-refractivity contribution in [3.63, 3.8) is 0 Å². The number of rotatable bonds is 2. The van der Waals surface area contributed by atoms with Crippen molar-refractivity contribution >= 4 is 0 Å². The Balaban J connectivity index is -0.000000143. The molecular formula is C13H28. The SMILES string of the molecule is C.C/C=C(\C)CC.C/C=C(\C)CC. The van der Waals surface area contributed by atoms with E-state index < -0.39 is 0 Å². The molecule has 0 bridgehead atoms. The van der Waals surface area contributed by atoms with Crippen LogP contribution >= 0.6 is 0 Å². The molecule has 0 N–H and O–H groups in total. The summed E-state index contributed by atoms with van der Waals surface area (Å²) in [4.78, 5) is 0. The van der Waals surface area contributed by atoms with Crippen LogP contribution in [0.4, 0.5) is 0 Å². The Labute approximate surface area is 85.8 Å². The summed E-state index contributed by atoms with van der Waals surface area (Å²) in [5.41, 5.74) is 2.94. The highest BCUT2D eigenvalue weighted by Crippen LogP contribution is 1.94. The third-order valence-corrected chi connectivity index (χ3v) is 2.10. The molecule has 0 aromatic heterocycles. The zero-order chi connectivity index (χ0) is 9.98. The molecule has 0 aliphatic carbocycles. The van der Waals surface area contributed by atoms with Crippen LogP contribution in [0.1, 0.15) is 61.8 Å². The summed E-state index contributed by atoms with van der Waals surface area (Å²) >= 11 is 0. The molecular weight excluding hydrogens is 156 g/mol. The summed E-state index contributed by atoms with van der Waals surface area (Å²) in [7, 11) is 0. The minimum atomic E-state index is 0. The van der Waals surface area contributed by atoms with Gasteiger partial charge in [-0.2, -0.15) is 0 Å². The second-order valence-corrected chi connectivity index (χ2v) is 2.98. The molecule has 0 rings (SSSR count). The highest BCUT2D eigenvalue weighted by molar-refractivity contribution is 4.93. The molecule has 0 aliphatic rings. The van der Waals surface area contributed by atoms with Gasteiger partial charge < -0.3 is 0 Å². The van der Waals surface area contributed by atoms with Gasteiger partial charge in [0.1, 0.15) is 0 Å². The van der Waals surface area contributed by atoms with Crippen LogP contribution in [0, 0.1) is 0 Å². The van der Waals surface area contributed by atoms with Crippen molar-refractivity contribution in [3.05, 3.63) is 23.3 Å². The number of hydrogen-bond donors (Lipinski definition) is 0. The van der Waals surface area contributed by atoms with E-state index >= 15 is 0 Å². The first-order valence-electron chi connectivity index (χ1n) is 4.85. The van der Waals surface area contributed by atoms with E-state index in [1.165, 1.54) is 24.0 Å². The van der Waals surface area contributed by atoms with Gasteiger partial charge in [-0.25, -0.2) is 0 Å². The summed E-state index contributed by atoms with van der Waals surface area (Å²) in [5, 5.41) is 0. The first-order chi connectivity index (χ1) is 5.62. The molecule has 0 aliphatic heterocycles. The predicted octanol–water partition coefficient (Wildman–Crippen LogP) is 5.36. The third kappa shape index (κ3) is 18.4. The molecule has 0 fully saturated rings. The molecule has 80 valence electrons. The summed E-state index contributed by atoms with van der Waals surface area (Å²) in [6.45, 7) is 12.7. The molecule has 0 saturated carbocycles. The summed E-state index contributed by atoms with van der Waals surface area (Å²) in [6, 6.07) is 0. The predicted molar refractivity (Wildman–Crippen MR) is 66.2 cm³/mol. The molecule has 0 aromatic rings. The van der Waals surface area contributed by atoms with E-state index in [-0.39, 0.29) is 7.43 Å². The lowest BCUT2D eigenvalue weighted by Gasteiger charge is -1.85. The topological polar surface area (TPSA) is 0 Å². The first-order valence-corrected chi connectivity index (χ1v) is 4.85. The number of hydrogen-bond acceptors (Lipinski definition) is 0. The van der Waals surface area contributed by atoms with E-state index in [9.17, 15) is 0 Å². The lowest BCUT2D eigenvalue weighted by atomic mass is 10.2. The maximum Gasteiger partial charge on any atom is -0.0352 e. The number of allylic oxidation sites excluding steroid dienone is 4. The van der Waals surface area contributed by atoms with Crippen molar-refractivity contribution in [1.29, 1.82) is 0 Å². The van der Waals surface area contributed by atoms with Gasteiger partial charge in [0.15, 0.2) is 0 Å². The minimum absolute atomic E-state index is 0. The van der Waals surface area contributed by atoms with E-state index in [1.807, 2.05) is 0 Å². The van der Waals surface area contributed by atoms with Crippen molar-refractivity contribution in [2.75, 3.05) is 0 Å². The molecule has 0 aromatic carbocycles. The fourth-order valence-electron chi connectivity index (χ4n) is 0.408. The molecule has 0 unspecified atom stereocenters. The standard InChI is InChI=1S/2C6H12.CH4/c2*1-4-6(3)5-2;/h2*4H,5H2,1-3H3;1H4/b2*6-4+;. The Morgan fingerprint density at radius 3 is 1.08 bits per heavy atom. The molecule has 0 heteroatoms. The molecule has 0 radical (unpaired) electrons. The van der Waals surface area contributed by atoms with Crippen LogP contribution in [0.3, 0.4) is 0 Å². The Hall–Kier alpha value is -0.520. The van der Waals surface area contributed by atoms with Gasteiger partial charge in [-0.15, -0.1) is 0 Å². The zero-order valence-electron chi connectivity index (χ0n) is 9.57. The van der Waals surface area contributed by atoms with Crippen LogP contribution in [-0.2, 0) is 0 Å². The Bertz CT molecular complexity index is 120. The van der Waals surface area contributed by atoms with Gasteiger partial charge in [0, 0.05) is 0 Å². The molecule has 13 heavy (non-hydrogen) atoms. The van der Waals surface area contributed by atoms with Crippen LogP contribution < -0.4 is 0 Å². The normalized spacial score (nSPS) is 11.2. The van der Waals surface area contributed by atoms with E-state index in [1.54, 1.807) is 0 Å². The fraction of sp³-hybridized carbons (Fsp3) is 0.692. The van der Waals surface area contributed by atoms with Crippen molar-refractivity contribution < 1.29 is 0 Å². The van der Waals surface area contributed by atoms with Crippen molar-refractivity contribution in [3.8, 4) is 0 Å². The molecule has 0 amide bonds. The quantitative estimate of drug-likeness (QED) is 0.507. The average molecular weight is 184 g/mol. The van der Waals surface area contributed by atoms with Gasteiger partial charge in [0.2, 0.25) is 0 Å². The highest BCUT2D eigenvalue weighted by Gasteiger charge is 1.73. The van der Waals surface area contributed by atoms with Gasteiger partial charge in [0.25, 0.3) is 0 Å². The second kappa shape index (κ2) is 14.0. The van der Waals surface area contributed by atoms with Crippen LogP contribution in [0.15, 0.2) is 23.3 Å². The molecule has 0 spiro atoms. The zero-order valence-corrected chi connectivity index (χ0v) is 9.57. The molecule has 0 nitrogen and oxygen atoms in total. The van der Waals surface area contributed by atoms with Gasteiger partial charge >= 0.3 is 0 Å². The monoisotopic (exact) mass is 184 g/mol. The Morgan fingerprint density at radius 1 is 0.846 bits per heavy atom. The smallest absolute Gasteiger partial charge is 0.0352 e. The molecule has 0 atom stereocenters. The lowest BCUT2D eigenvalue weighted by molar-refractivity contribution is 1.09. The van der Waals surface area contributed by atoms with E-state index in [0.717, 1.165) is 0 Å². The van der Waals surface area contributed by atoms with Crippen molar-refractivity contribution in [1.82, 2.24) is 0 Å². The van der Waals surface area contributed by atoms with E-state index in [0.29, 0.717) is 0 Å². The van der Waals surface area contributed by atoms with Crippen LogP contribution in [0.5, 0.6) is 0 Å². The maximum atomic E-state index is 2.16. The summed E-state index contributed by atoms with van der Waals surface area (Å²) in [5.74, 6) is 0. The van der Waals surface area contributed by atoms with E-state index in [4.69, 9.17) is 0 Å².